The van der Waals surface area contributed by atoms with Crippen molar-refractivity contribution in [1.82, 2.24) is 15.0 Å². The van der Waals surface area contributed by atoms with Gasteiger partial charge < -0.3 is 0 Å². The Labute approximate surface area is 165 Å². The molecule has 3 rings (SSSR count). The van der Waals surface area contributed by atoms with Gasteiger partial charge in [0.1, 0.15) is 4.83 Å². The maximum Gasteiger partial charge on any atom is 0.267 e. The van der Waals surface area contributed by atoms with Crippen LogP contribution in [-0.4, -0.2) is 20.7 Å². The van der Waals surface area contributed by atoms with Crippen molar-refractivity contribution in [1.29, 1.82) is 0 Å². The maximum atomic E-state index is 13.4. The van der Waals surface area contributed by atoms with Gasteiger partial charge in [0.25, 0.3) is 5.56 Å². The van der Waals surface area contributed by atoms with Crippen LogP contribution in [0.25, 0.3) is 15.9 Å². The lowest BCUT2D eigenvalue weighted by Gasteiger charge is -2.16. The molecule has 0 aliphatic carbocycles. The normalized spacial score (nSPS) is 12.1. The van der Waals surface area contributed by atoms with E-state index in [0.717, 1.165) is 5.56 Å². The number of nitrogens with one attached hydrogen (secondary N) is 1. The van der Waals surface area contributed by atoms with Crippen LogP contribution in [0, 0.1) is 0 Å². The minimum absolute atomic E-state index is 0.144. The van der Waals surface area contributed by atoms with Crippen molar-refractivity contribution in [2.45, 2.75) is 30.2 Å². The van der Waals surface area contributed by atoms with Crippen LogP contribution in [0.2, 0.25) is 0 Å². The van der Waals surface area contributed by atoms with Crippen LogP contribution in [0.4, 0.5) is 0 Å². The average Bonchev–Trinajstić information content (AvgIpc) is 3.09. The summed E-state index contributed by atoms with van der Waals surface area (Å²) in [5, 5.41) is 2.57. The van der Waals surface area contributed by atoms with E-state index in [1.807, 2.05) is 42.6 Å². The average molecular weight is 401 g/mol. The number of hydrogen-bond acceptors (Lipinski definition) is 6. The van der Waals surface area contributed by atoms with E-state index >= 15 is 0 Å². The fourth-order valence-corrected chi connectivity index (χ4v) is 4.80. The van der Waals surface area contributed by atoms with Crippen LogP contribution in [0.3, 0.4) is 0 Å². The van der Waals surface area contributed by atoms with Crippen LogP contribution in [0.15, 0.2) is 58.3 Å². The van der Waals surface area contributed by atoms with Crippen molar-refractivity contribution in [2.24, 2.45) is 5.84 Å². The molecule has 0 saturated heterocycles. The zero-order valence-electron chi connectivity index (χ0n) is 14.8. The molecule has 2 aromatic heterocycles. The van der Waals surface area contributed by atoms with Crippen molar-refractivity contribution >= 4 is 39.2 Å². The summed E-state index contributed by atoms with van der Waals surface area (Å²) in [7, 11) is 0. The lowest BCUT2D eigenvalue weighted by molar-refractivity contribution is -0.120. The number of para-hydroxylation sites is 1. The number of fused-ring (bicyclic) bond motifs is 1. The molecule has 8 heteroatoms. The third-order valence-electron chi connectivity index (χ3n) is 4.09. The zero-order valence-corrected chi connectivity index (χ0v) is 16.5. The molecule has 2 heterocycles. The molecule has 1 unspecified atom stereocenters. The third kappa shape index (κ3) is 3.83. The number of hydrazine groups is 1. The topological polar surface area (TPSA) is 90.0 Å². The predicted octanol–water partition coefficient (Wildman–Crippen LogP) is 3.04. The first-order valence-electron chi connectivity index (χ1n) is 8.47. The smallest absolute Gasteiger partial charge is 0.267 e. The van der Waals surface area contributed by atoms with Crippen molar-refractivity contribution in [3.8, 4) is 5.69 Å². The summed E-state index contributed by atoms with van der Waals surface area (Å²) in [6.45, 7) is 5.66. The largest absolute Gasteiger partial charge is 0.293 e. The number of carbonyl (C=O) groups excluding carboxylic acids is 1. The lowest BCUT2D eigenvalue weighted by Crippen LogP contribution is -2.37. The van der Waals surface area contributed by atoms with Gasteiger partial charge in [0.05, 0.1) is 16.3 Å². The number of nitrogens with zero attached hydrogens (tertiary/aromatic N) is 2. The van der Waals surface area contributed by atoms with Gasteiger partial charge in [0.2, 0.25) is 5.91 Å². The molecule has 1 amide bonds. The molecule has 0 spiro atoms. The van der Waals surface area contributed by atoms with Crippen molar-refractivity contribution < 1.29 is 4.79 Å². The van der Waals surface area contributed by atoms with Crippen LogP contribution in [0.5, 0.6) is 0 Å². The highest BCUT2D eigenvalue weighted by Gasteiger charge is 2.23. The molecular formula is C19H20N4O2S2. The minimum atomic E-state index is -0.443. The monoisotopic (exact) mass is 400 g/mol. The molecule has 3 N–H and O–H groups in total. The van der Waals surface area contributed by atoms with Crippen LogP contribution in [0.1, 0.15) is 18.9 Å². The summed E-state index contributed by atoms with van der Waals surface area (Å²) in [4.78, 5) is 30.8. The molecule has 140 valence electrons. The first-order chi connectivity index (χ1) is 13.1. The Morgan fingerprint density at radius 2 is 2.19 bits per heavy atom. The van der Waals surface area contributed by atoms with E-state index in [2.05, 4.69) is 12.0 Å². The number of amides is 1. The summed E-state index contributed by atoms with van der Waals surface area (Å²) in [6, 6.07) is 9.31. The third-order valence-corrected chi connectivity index (χ3v) is 6.32. The fraction of sp³-hybridized carbons (Fsp3) is 0.211. The zero-order chi connectivity index (χ0) is 19.4. The van der Waals surface area contributed by atoms with E-state index in [0.29, 0.717) is 33.9 Å². The Balaban J connectivity index is 2.24. The summed E-state index contributed by atoms with van der Waals surface area (Å²) in [5.41, 5.74) is 3.66. The van der Waals surface area contributed by atoms with E-state index in [4.69, 9.17) is 10.8 Å². The van der Waals surface area contributed by atoms with Gasteiger partial charge >= 0.3 is 0 Å². The van der Waals surface area contributed by atoms with Crippen LogP contribution >= 0.6 is 23.1 Å². The second kappa shape index (κ2) is 8.51. The number of thiophene rings is 1. The predicted molar refractivity (Wildman–Crippen MR) is 111 cm³/mol. The van der Waals surface area contributed by atoms with E-state index < -0.39 is 5.25 Å². The second-order valence-electron chi connectivity index (χ2n) is 5.83. The number of nitrogens with two attached hydrogens (primary N) is 1. The summed E-state index contributed by atoms with van der Waals surface area (Å²) < 4.78 is 1.57. The standard InChI is InChI=1S/C19H20N4O2S2/c1-3-8-12-11-26-17-15(12)18(25)23(13-9-6-5-7-10-13)19(21-17)27-14(4-2)16(24)22-20/h3,5-7,9-11,14H,1,4,8,20H2,2H3,(H,22,24). The van der Waals surface area contributed by atoms with Gasteiger partial charge in [-0.15, -0.1) is 17.9 Å². The van der Waals surface area contributed by atoms with Crippen LogP contribution in [-0.2, 0) is 11.2 Å². The molecule has 0 bridgehead atoms. The SMILES string of the molecule is C=CCc1csc2nc(SC(CC)C(=O)NN)n(-c3ccccc3)c(=O)c12. The van der Waals surface area contributed by atoms with Gasteiger partial charge in [0.15, 0.2) is 5.16 Å². The van der Waals surface area contributed by atoms with Gasteiger partial charge in [-0.3, -0.25) is 19.6 Å². The van der Waals surface area contributed by atoms with Crippen LogP contribution < -0.4 is 16.8 Å². The quantitative estimate of drug-likeness (QED) is 0.159. The van der Waals surface area contributed by atoms with Gasteiger partial charge in [0, 0.05) is 0 Å². The van der Waals surface area contributed by atoms with Gasteiger partial charge in [-0.05, 0) is 35.9 Å². The number of carbonyl (C=O) groups is 1. The van der Waals surface area contributed by atoms with E-state index in [1.165, 1.54) is 23.1 Å². The lowest BCUT2D eigenvalue weighted by atomic mass is 10.2. The molecule has 0 radical (unpaired) electrons. The molecule has 1 aromatic carbocycles. The number of allylic oxidation sites excluding steroid dienone is 1. The molecule has 1 atom stereocenters. The molecule has 0 saturated carbocycles. The molecule has 6 nitrogen and oxygen atoms in total. The Morgan fingerprint density at radius 1 is 1.44 bits per heavy atom. The summed E-state index contributed by atoms with van der Waals surface area (Å²) in [5.74, 6) is 5.00. The molecular weight excluding hydrogens is 380 g/mol. The first-order valence-corrected chi connectivity index (χ1v) is 10.2. The van der Waals surface area contributed by atoms with E-state index in [9.17, 15) is 9.59 Å². The highest BCUT2D eigenvalue weighted by Crippen LogP contribution is 2.30. The Morgan fingerprint density at radius 3 is 2.81 bits per heavy atom. The highest BCUT2D eigenvalue weighted by molar-refractivity contribution is 8.00. The van der Waals surface area contributed by atoms with Crippen molar-refractivity contribution in [3.05, 3.63) is 64.3 Å². The summed E-state index contributed by atoms with van der Waals surface area (Å²) >= 11 is 2.66. The Hall–Kier alpha value is -2.42. The maximum absolute atomic E-state index is 13.4. The second-order valence-corrected chi connectivity index (χ2v) is 7.86. The summed E-state index contributed by atoms with van der Waals surface area (Å²) in [6.07, 6.45) is 2.93. The number of aromatic nitrogens is 2. The fourth-order valence-electron chi connectivity index (χ4n) is 2.76. The van der Waals surface area contributed by atoms with Crippen molar-refractivity contribution in [3.63, 3.8) is 0 Å². The molecule has 0 fully saturated rings. The highest BCUT2D eigenvalue weighted by atomic mass is 32.2. The minimum Gasteiger partial charge on any atom is -0.293 e. The molecule has 3 aromatic rings. The number of hydrogen-bond donors (Lipinski definition) is 2. The molecule has 0 aliphatic rings. The Kier molecular flexibility index (Phi) is 6.10. The number of benzene rings is 1. The number of thioether (sulfide) groups is 1. The first kappa shape index (κ1) is 19.3. The van der Waals surface area contributed by atoms with Gasteiger partial charge in [-0.2, -0.15) is 0 Å². The van der Waals surface area contributed by atoms with E-state index in [1.54, 1.807) is 10.6 Å². The van der Waals surface area contributed by atoms with Gasteiger partial charge in [-0.1, -0.05) is 43.0 Å². The van der Waals surface area contributed by atoms with E-state index in [-0.39, 0.29) is 11.5 Å². The van der Waals surface area contributed by atoms with Crippen molar-refractivity contribution in [2.75, 3.05) is 0 Å². The number of rotatable bonds is 7. The Bertz CT molecular complexity index is 1030. The van der Waals surface area contributed by atoms with Gasteiger partial charge in [-0.25, -0.2) is 10.8 Å². The molecule has 0 aliphatic heterocycles. The molecule has 27 heavy (non-hydrogen) atoms.